The number of carboxylic acid groups (broad SMARTS) is 1. The van der Waals surface area contributed by atoms with Crippen molar-refractivity contribution in [2.24, 2.45) is 0 Å². The van der Waals surface area contributed by atoms with Gasteiger partial charge in [-0.25, -0.2) is 9.59 Å². The molecule has 0 bridgehead atoms. The van der Waals surface area contributed by atoms with Gasteiger partial charge in [0.25, 0.3) is 0 Å². The minimum Gasteiger partial charge on any atom is -0.479 e. The number of rotatable bonds is 4. The standard InChI is InChI=1S/C12H19N3O5/c16-9(15-4-1-2-5-15)7-13-11(19)14-12(10(17)18)3-6-20-8-12/h1-8H2,(H,17,18)(H2,13,14,19). The van der Waals surface area contributed by atoms with E-state index in [-0.39, 0.29) is 25.5 Å². The number of nitrogens with one attached hydrogen (secondary N) is 2. The summed E-state index contributed by atoms with van der Waals surface area (Å²) in [6, 6.07) is -0.662. The fourth-order valence-electron chi connectivity index (χ4n) is 2.38. The summed E-state index contributed by atoms with van der Waals surface area (Å²) in [7, 11) is 0. The molecule has 0 aromatic heterocycles. The third-order valence-corrected chi connectivity index (χ3v) is 3.64. The van der Waals surface area contributed by atoms with Crippen LogP contribution in [0.1, 0.15) is 19.3 Å². The Bertz CT molecular complexity index is 400. The normalized spacial score (nSPS) is 25.5. The van der Waals surface area contributed by atoms with Crippen LogP contribution >= 0.6 is 0 Å². The van der Waals surface area contributed by atoms with Crippen LogP contribution < -0.4 is 10.6 Å². The Hall–Kier alpha value is -1.83. The van der Waals surface area contributed by atoms with Crippen molar-refractivity contribution >= 4 is 17.9 Å². The first kappa shape index (κ1) is 14.6. The molecular weight excluding hydrogens is 266 g/mol. The number of amides is 3. The van der Waals surface area contributed by atoms with E-state index in [1.54, 1.807) is 4.90 Å². The van der Waals surface area contributed by atoms with E-state index in [0.29, 0.717) is 6.61 Å². The molecule has 3 N–H and O–H groups in total. The van der Waals surface area contributed by atoms with Gasteiger partial charge in [-0.05, 0) is 12.8 Å². The van der Waals surface area contributed by atoms with Gasteiger partial charge in [-0.3, -0.25) is 4.79 Å². The number of carboxylic acids is 1. The lowest BCUT2D eigenvalue weighted by Gasteiger charge is -2.24. The molecule has 3 amide bonds. The zero-order chi connectivity index (χ0) is 14.6. The van der Waals surface area contributed by atoms with Crippen LogP contribution in [0.3, 0.4) is 0 Å². The van der Waals surface area contributed by atoms with Crippen molar-refractivity contribution in [3.63, 3.8) is 0 Å². The second-order valence-electron chi connectivity index (χ2n) is 5.09. The molecule has 8 heteroatoms. The van der Waals surface area contributed by atoms with Gasteiger partial charge in [-0.15, -0.1) is 0 Å². The second-order valence-corrected chi connectivity index (χ2v) is 5.09. The highest BCUT2D eigenvalue weighted by atomic mass is 16.5. The summed E-state index contributed by atoms with van der Waals surface area (Å²) in [5.74, 6) is -1.28. The zero-order valence-electron chi connectivity index (χ0n) is 11.2. The minimum absolute atomic E-state index is 0.0597. The van der Waals surface area contributed by atoms with Gasteiger partial charge in [0.05, 0.1) is 13.2 Å². The maximum Gasteiger partial charge on any atom is 0.332 e. The van der Waals surface area contributed by atoms with Gasteiger partial charge in [-0.1, -0.05) is 0 Å². The maximum absolute atomic E-state index is 11.7. The van der Waals surface area contributed by atoms with Crippen molar-refractivity contribution in [1.29, 1.82) is 0 Å². The van der Waals surface area contributed by atoms with Gasteiger partial charge in [0, 0.05) is 26.1 Å². The zero-order valence-corrected chi connectivity index (χ0v) is 11.2. The minimum atomic E-state index is -1.39. The molecular formula is C12H19N3O5. The fraction of sp³-hybridized carbons (Fsp3) is 0.750. The third kappa shape index (κ3) is 3.19. The summed E-state index contributed by atoms with van der Waals surface area (Å²) in [4.78, 5) is 36.4. The van der Waals surface area contributed by atoms with Gasteiger partial charge in [0.2, 0.25) is 5.91 Å². The van der Waals surface area contributed by atoms with Crippen LogP contribution in [-0.2, 0) is 14.3 Å². The number of urea groups is 1. The van der Waals surface area contributed by atoms with Crippen LogP contribution in [0.15, 0.2) is 0 Å². The summed E-state index contributed by atoms with van der Waals surface area (Å²) < 4.78 is 5.03. The Morgan fingerprint density at radius 1 is 1.25 bits per heavy atom. The van der Waals surface area contributed by atoms with Crippen molar-refractivity contribution in [3.05, 3.63) is 0 Å². The summed E-state index contributed by atoms with van der Waals surface area (Å²) in [6.45, 7) is 1.54. The summed E-state index contributed by atoms with van der Waals surface area (Å²) in [5, 5.41) is 14.0. The molecule has 2 aliphatic rings. The van der Waals surface area contributed by atoms with E-state index >= 15 is 0 Å². The van der Waals surface area contributed by atoms with Crippen LogP contribution in [0.2, 0.25) is 0 Å². The van der Waals surface area contributed by atoms with E-state index in [2.05, 4.69) is 10.6 Å². The van der Waals surface area contributed by atoms with E-state index in [0.717, 1.165) is 25.9 Å². The topological polar surface area (TPSA) is 108 Å². The Morgan fingerprint density at radius 3 is 2.50 bits per heavy atom. The first-order valence-electron chi connectivity index (χ1n) is 6.68. The van der Waals surface area contributed by atoms with Gasteiger partial charge in [-0.2, -0.15) is 0 Å². The largest absolute Gasteiger partial charge is 0.479 e. The highest BCUT2D eigenvalue weighted by Crippen LogP contribution is 2.18. The van der Waals surface area contributed by atoms with Crippen LogP contribution in [0.5, 0.6) is 0 Å². The number of likely N-dealkylation sites (tertiary alicyclic amines) is 1. The molecule has 112 valence electrons. The number of hydrogen-bond donors (Lipinski definition) is 3. The van der Waals surface area contributed by atoms with Crippen molar-refractivity contribution in [3.8, 4) is 0 Å². The number of nitrogens with zero attached hydrogens (tertiary/aromatic N) is 1. The smallest absolute Gasteiger partial charge is 0.332 e. The molecule has 1 unspecified atom stereocenters. The summed E-state index contributed by atoms with van der Waals surface area (Å²) in [6.07, 6.45) is 2.19. The molecule has 0 aromatic rings. The SMILES string of the molecule is O=C(NCC(=O)N1CCCC1)NC1(C(=O)O)CCOC1. The molecule has 2 aliphatic heterocycles. The molecule has 2 saturated heterocycles. The van der Waals surface area contributed by atoms with E-state index in [1.807, 2.05) is 0 Å². The van der Waals surface area contributed by atoms with Crippen LogP contribution in [0.4, 0.5) is 4.79 Å². The van der Waals surface area contributed by atoms with Crippen molar-refractivity contribution < 1.29 is 24.2 Å². The molecule has 0 aromatic carbocycles. The van der Waals surface area contributed by atoms with Crippen molar-refractivity contribution in [1.82, 2.24) is 15.5 Å². The Kier molecular flexibility index (Phi) is 4.43. The maximum atomic E-state index is 11.7. The van der Waals surface area contributed by atoms with Gasteiger partial charge >= 0.3 is 12.0 Å². The number of aliphatic carboxylic acids is 1. The van der Waals surface area contributed by atoms with E-state index < -0.39 is 17.5 Å². The average molecular weight is 285 g/mol. The number of carbonyl (C=O) groups excluding carboxylic acids is 2. The highest BCUT2D eigenvalue weighted by Gasteiger charge is 2.44. The fourth-order valence-corrected chi connectivity index (χ4v) is 2.38. The van der Waals surface area contributed by atoms with Crippen LogP contribution in [0, 0.1) is 0 Å². The van der Waals surface area contributed by atoms with E-state index in [4.69, 9.17) is 9.84 Å². The Morgan fingerprint density at radius 2 is 1.95 bits per heavy atom. The van der Waals surface area contributed by atoms with Crippen molar-refractivity contribution in [2.45, 2.75) is 24.8 Å². The second kappa shape index (κ2) is 6.08. The molecule has 8 nitrogen and oxygen atoms in total. The molecule has 20 heavy (non-hydrogen) atoms. The Balaban J connectivity index is 1.79. The average Bonchev–Trinajstić information content (AvgIpc) is 3.07. The molecule has 2 rings (SSSR count). The van der Waals surface area contributed by atoms with Gasteiger partial charge < -0.3 is 25.4 Å². The lowest BCUT2D eigenvalue weighted by atomic mass is 9.99. The Labute approximate surface area is 116 Å². The lowest BCUT2D eigenvalue weighted by Crippen LogP contribution is -2.58. The number of ether oxygens (including phenoxy) is 1. The van der Waals surface area contributed by atoms with Crippen LogP contribution in [-0.4, -0.2) is 66.3 Å². The third-order valence-electron chi connectivity index (χ3n) is 3.64. The highest BCUT2D eigenvalue weighted by molar-refractivity contribution is 5.89. The first-order chi connectivity index (χ1) is 9.53. The van der Waals surface area contributed by atoms with Crippen LogP contribution in [0.25, 0.3) is 0 Å². The molecule has 0 aliphatic carbocycles. The molecule has 2 heterocycles. The molecule has 1 atom stereocenters. The quantitative estimate of drug-likeness (QED) is 0.623. The summed E-state index contributed by atoms with van der Waals surface area (Å²) in [5.41, 5.74) is -1.39. The number of carbonyl (C=O) groups is 3. The van der Waals surface area contributed by atoms with Gasteiger partial charge in [0.15, 0.2) is 5.54 Å². The molecule has 2 fully saturated rings. The molecule has 0 spiro atoms. The first-order valence-corrected chi connectivity index (χ1v) is 6.68. The van der Waals surface area contributed by atoms with E-state index in [9.17, 15) is 14.4 Å². The molecule has 0 saturated carbocycles. The molecule has 0 radical (unpaired) electrons. The van der Waals surface area contributed by atoms with Crippen molar-refractivity contribution in [2.75, 3.05) is 32.8 Å². The predicted molar refractivity (Wildman–Crippen MR) is 68.2 cm³/mol. The van der Waals surface area contributed by atoms with Gasteiger partial charge in [0.1, 0.15) is 0 Å². The summed E-state index contributed by atoms with van der Waals surface area (Å²) >= 11 is 0. The monoisotopic (exact) mass is 285 g/mol. The predicted octanol–water partition coefficient (Wildman–Crippen LogP) is -0.848. The van der Waals surface area contributed by atoms with E-state index in [1.165, 1.54) is 0 Å². The lowest BCUT2D eigenvalue weighted by molar-refractivity contribution is -0.144. The number of hydrogen-bond acceptors (Lipinski definition) is 4.